The van der Waals surface area contributed by atoms with Crippen molar-refractivity contribution >= 4 is 52.1 Å². The molecular formula is C38H50FN9O7. The lowest BCUT2D eigenvalue weighted by Crippen LogP contribution is -2.57. The zero-order chi connectivity index (χ0) is 39.7. The van der Waals surface area contributed by atoms with Gasteiger partial charge in [-0.3, -0.25) is 19.8 Å². The molecule has 0 unspecified atom stereocenters. The molecule has 2 heterocycles. The summed E-state index contributed by atoms with van der Waals surface area (Å²) in [7, 11) is 0. The Hall–Kier alpha value is -5.87. The molecule has 2 fully saturated rings. The molecule has 5 rings (SSSR count). The van der Waals surface area contributed by atoms with E-state index in [4.69, 9.17) is 15.9 Å². The number of ether oxygens (including phenoxy) is 1. The first-order valence-electron chi connectivity index (χ1n) is 18.6. The number of nitrogens with two attached hydrogens (primary N) is 1. The minimum atomic E-state index is -1.37. The maximum absolute atomic E-state index is 15.3. The van der Waals surface area contributed by atoms with E-state index in [1.165, 1.54) is 6.20 Å². The standard InChI is InChI=1S/C38H50FN9O7/c1-3-42-34(52)38(12-6-13-38)35(53)45-26(7-5-14-43-36(40)41)21-44-25-10-8-24(9-11-25)23-55-37(54)48-17-15-47(16-18-48)31-20-30-27(19-29(31)39)32(49)28(33(50)51)22-46(30)4-2/h8-11,19-20,22,26,44H,3-7,12-18,21,23H2,1-2H3,(H,42,52)(H,45,53)(H,50,51)(H4,40,41,43)/t26-/m0/s1. The number of anilines is 2. The Morgan fingerprint density at radius 2 is 1.75 bits per heavy atom. The Morgan fingerprint density at radius 3 is 2.35 bits per heavy atom. The number of nitrogens with one attached hydrogen (secondary N) is 5. The summed E-state index contributed by atoms with van der Waals surface area (Å²) >= 11 is 0. The van der Waals surface area contributed by atoms with Gasteiger partial charge in [0.15, 0.2) is 5.96 Å². The van der Waals surface area contributed by atoms with Gasteiger partial charge in [0.25, 0.3) is 0 Å². The number of carboxylic acids is 1. The molecule has 1 aliphatic heterocycles. The summed E-state index contributed by atoms with van der Waals surface area (Å²) in [5.74, 6) is -2.67. The van der Waals surface area contributed by atoms with Gasteiger partial charge in [-0.05, 0) is 69.4 Å². The first-order valence-corrected chi connectivity index (χ1v) is 18.6. The second-order valence-corrected chi connectivity index (χ2v) is 13.8. The first kappa shape index (κ1) is 40.3. The van der Waals surface area contributed by atoms with Gasteiger partial charge in [0, 0.05) is 75.7 Å². The van der Waals surface area contributed by atoms with Crippen LogP contribution in [0.15, 0.2) is 47.4 Å². The van der Waals surface area contributed by atoms with E-state index >= 15 is 4.39 Å². The van der Waals surface area contributed by atoms with Crippen molar-refractivity contribution in [1.82, 2.24) is 25.4 Å². The van der Waals surface area contributed by atoms with Crippen LogP contribution in [-0.4, -0.2) is 96.3 Å². The normalized spacial score (nSPS) is 15.4. The fraction of sp³-hybridized carbons (Fsp3) is 0.474. The summed E-state index contributed by atoms with van der Waals surface area (Å²) in [5, 5.41) is 28.8. The van der Waals surface area contributed by atoms with Gasteiger partial charge in [-0.1, -0.05) is 18.6 Å². The Balaban J connectivity index is 1.12. The van der Waals surface area contributed by atoms with Gasteiger partial charge in [-0.2, -0.15) is 0 Å². The molecule has 3 amide bonds. The molecule has 16 nitrogen and oxygen atoms in total. The molecule has 1 aliphatic carbocycles. The predicted molar refractivity (Wildman–Crippen MR) is 206 cm³/mol. The van der Waals surface area contributed by atoms with Crippen molar-refractivity contribution in [3.8, 4) is 0 Å². The first-order chi connectivity index (χ1) is 26.4. The molecule has 1 aromatic heterocycles. The number of carboxylic acid groups (broad SMARTS) is 1. The number of halogens is 1. The SMILES string of the molecule is CCNC(=O)C1(C(=O)N[C@@H](CCCNC(=N)N)CNc2ccc(COC(=O)N3CCN(c4cc5c(cc4F)c(=O)c(C(=O)O)cn5CC)CC3)cc2)CCC1. The number of nitrogens with zero attached hydrogens (tertiary/aromatic N) is 3. The summed E-state index contributed by atoms with van der Waals surface area (Å²) in [6.45, 7) is 6.56. The van der Waals surface area contributed by atoms with Crippen LogP contribution in [0.1, 0.15) is 61.9 Å². The molecule has 8 N–H and O–H groups in total. The van der Waals surface area contributed by atoms with Crippen LogP contribution >= 0.6 is 0 Å². The van der Waals surface area contributed by atoms with Crippen LogP contribution in [0.5, 0.6) is 0 Å². The Morgan fingerprint density at radius 1 is 1.04 bits per heavy atom. The summed E-state index contributed by atoms with van der Waals surface area (Å²) in [6, 6.07) is 9.69. The van der Waals surface area contributed by atoms with Gasteiger partial charge < -0.3 is 51.2 Å². The van der Waals surface area contributed by atoms with Crippen LogP contribution in [0.3, 0.4) is 0 Å². The molecule has 1 saturated carbocycles. The third-order valence-corrected chi connectivity index (χ3v) is 10.3. The van der Waals surface area contributed by atoms with E-state index < -0.39 is 34.3 Å². The number of carbonyl (C=O) groups is 4. The fourth-order valence-electron chi connectivity index (χ4n) is 6.92. The molecule has 2 aromatic carbocycles. The van der Waals surface area contributed by atoms with Crippen molar-refractivity contribution in [3.05, 3.63) is 69.8 Å². The minimum absolute atomic E-state index is 0.00601. The van der Waals surface area contributed by atoms with E-state index in [0.29, 0.717) is 70.5 Å². The number of amides is 3. The molecule has 55 heavy (non-hydrogen) atoms. The van der Waals surface area contributed by atoms with Crippen molar-refractivity contribution in [1.29, 1.82) is 5.41 Å². The van der Waals surface area contributed by atoms with Crippen LogP contribution in [0.25, 0.3) is 10.9 Å². The molecule has 17 heteroatoms. The van der Waals surface area contributed by atoms with Gasteiger partial charge in [-0.15, -0.1) is 0 Å². The molecule has 1 atom stereocenters. The van der Waals surface area contributed by atoms with E-state index in [9.17, 15) is 29.1 Å². The highest BCUT2D eigenvalue weighted by atomic mass is 19.1. The molecule has 1 saturated heterocycles. The van der Waals surface area contributed by atoms with Crippen molar-refractivity contribution in [2.24, 2.45) is 11.1 Å². The van der Waals surface area contributed by atoms with Gasteiger partial charge in [0.2, 0.25) is 17.2 Å². The monoisotopic (exact) mass is 763 g/mol. The van der Waals surface area contributed by atoms with Crippen LogP contribution in [0, 0.1) is 16.6 Å². The van der Waals surface area contributed by atoms with E-state index in [0.717, 1.165) is 23.7 Å². The quantitative estimate of drug-likeness (QED) is 0.0486. The van der Waals surface area contributed by atoms with E-state index in [2.05, 4.69) is 21.3 Å². The molecule has 0 radical (unpaired) electrons. The summed E-state index contributed by atoms with van der Waals surface area (Å²) < 4.78 is 22.5. The van der Waals surface area contributed by atoms with E-state index in [1.807, 2.05) is 31.2 Å². The maximum Gasteiger partial charge on any atom is 0.410 e. The molecule has 2 aliphatic rings. The molecule has 3 aromatic rings. The van der Waals surface area contributed by atoms with Crippen molar-refractivity contribution in [2.45, 2.75) is 65.1 Å². The Kier molecular flexibility index (Phi) is 13.2. The largest absolute Gasteiger partial charge is 0.477 e. The predicted octanol–water partition coefficient (Wildman–Crippen LogP) is 2.78. The number of aromatic nitrogens is 1. The minimum Gasteiger partial charge on any atom is -0.477 e. The third-order valence-electron chi connectivity index (χ3n) is 10.3. The summed E-state index contributed by atoms with van der Waals surface area (Å²) in [4.78, 5) is 66.7. The number of fused-ring (bicyclic) bond motifs is 1. The Bertz CT molecular complexity index is 1960. The van der Waals surface area contributed by atoms with Crippen molar-refractivity contribution < 1.29 is 33.4 Å². The number of piperazine rings is 1. The number of carbonyl (C=O) groups excluding carboxylic acids is 3. The third kappa shape index (κ3) is 9.45. The number of hydrogen-bond acceptors (Lipinski definition) is 9. The number of aryl methyl sites for hydroxylation is 1. The number of hydrogen-bond donors (Lipinski definition) is 7. The summed E-state index contributed by atoms with van der Waals surface area (Å²) in [5.41, 5.74) is 5.43. The van der Waals surface area contributed by atoms with Crippen LogP contribution < -0.4 is 37.3 Å². The number of rotatable bonds is 16. The lowest BCUT2D eigenvalue weighted by atomic mass is 9.67. The zero-order valence-electron chi connectivity index (χ0n) is 31.2. The van der Waals surface area contributed by atoms with E-state index in [1.54, 1.807) is 27.4 Å². The second-order valence-electron chi connectivity index (χ2n) is 13.8. The van der Waals surface area contributed by atoms with Crippen LogP contribution in [0.4, 0.5) is 20.6 Å². The smallest absolute Gasteiger partial charge is 0.410 e. The lowest BCUT2D eigenvalue weighted by Gasteiger charge is -2.39. The fourth-order valence-corrected chi connectivity index (χ4v) is 6.92. The van der Waals surface area contributed by atoms with Crippen molar-refractivity contribution in [3.63, 3.8) is 0 Å². The number of aromatic carboxylic acids is 1. The molecule has 296 valence electrons. The van der Waals surface area contributed by atoms with Crippen LogP contribution in [0.2, 0.25) is 0 Å². The van der Waals surface area contributed by atoms with Gasteiger partial charge in [0.1, 0.15) is 23.4 Å². The second kappa shape index (κ2) is 18.0. The zero-order valence-corrected chi connectivity index (χ0v) is 31.2. The molecule has 0 spiro atoms. The van der Waals surface area contributed by atoms with Gasteiger partial charge in [-0.25, -0.2) is 14.0 Å². The average molecular weight is 764 g/mol. The highest BCUT2D eigenvalue weighted by molar-refractivity contribution is 6.06. The summed E-state index contributed by atoms with van der Waals surface area (Å²) in [6.07, 6.45) is 3.82. The number of pyridine rings is 1. The highest BCUT2D eigenvalue weighted by Gasteiger charge is 2.50. The van der Waals surface area contributed by atoms with E-state index in [-0.39, 0.29) is 54.6 Å². The highest BCUT2D eigenvalue weighted by Crippen LogP contribution is 2.41. The number of guanidine groups is 1. The number of benzene rings is 2. The van der Waals surface area contributed by atoms with Crippen LogP contribution in [-0.2, 0) is 27.5 Å². The molecule has 0 bridgehead atoms. The van der Waals surface area contributed by atoms with Crippen molar-refractivity contribution in [2.75, 3.05) is 56.0 Å². The lowest BCUT2D eigenvalue weighted by molar-refractivity contribution is -0.150. The maximum atomic E-state index is 15.3. The Labute approximate surface area is 318 Å². The molecular weight excluding hydrogens is 713 g/mol. The topological polar surface area (TPSA) is 224 Å². The van der Waals surface area contributed by atoms with Gasteiger partial charge >= 0.3 is 12.1 Å². The van der Waals surface area contributed by atoms with Gasteiger partial charge in [0.05, 0.1) is 11.2 Å². The average Bonchev–Trinajstić information content (AvgIpc) is 3.14.